The van der Waals surface area contributed by atoms with E-state index in [4.69, 9.17) is 24.4 Å². The number of rotatable bonds is 4. The van der Waals surface area contributed by atoms with Crippen LogP contribution in [0.1, 0.15) is 0 Å². The molecule has 48 heavy (non-hydrogen) atoms. The molecule has 0 aliphatic heterocycles. The van der Waals surface area contributed by atoms with Gasteiger partial charge in [0.2, 0.25) is 5.71 Å². The van der Waals surface area contributed by atoms with Gasteiger partial charge in [-0.25, -0.2) is 19.9 Å². The fourth-order valence-electron chi connectivity index (χ4n) is 6.73. The van der Waals surface area contributed by atoms with Gasteiger partial charge in [-0.05, 0) is 42.0 Å². The number of aromatic nitrogens is 4. The largest absolute Gasteiger partial charge is 0.437 e. The van der Waals surface area contributed by atoms with Crippen LogP contribution in [0.15, 0.2) is 150 Å². The van der Waals surface area contributed by atoms with Crippen molar-refractivity contribution in [1.82, 2.24) is 19.9 Å². The monoisotopic (exact) mass is 632 g/mol. The maximum atomic E-state index is 6.80. The summed E-state index contributed by atoms with van der Waals surface area (Å²) in [7, 11) is 0. The van der Waals surface area contributed by atoms with Gasteiger partial charge in [-0.3, -0.25) is 0 Å². The van der Waals surface area contributed by atoms with E-state index < -0.39 is 0 Å². The van der Waals surface area contributed by atoms with Crippen LogP contribution in [-0.4, -0.2) is 19.9 Å². The number of hydrogen-bond donors (Lipinski definition) is 0. The molecule has 10 rings (SSSR count). The van der Waals surface area contributed by atoms with Gasteiger partial charge >= 0.3 is 0 Å². The number of nitrogens with zero attached hydrogens (tertiary/aromatic N) is 4. The summed E-state index contributed by atoms with van der Waals surface area (Å²) in [6, 6.07) is 49.9. The second-order valence-electron chi connectivity index (χ2n) is 11.8. The van der Waals surface area contributed by atoms with E-state index in [2.05, 4.69) is 66.7 Å². The predicted molar refractivity (Wildman–Crippen MR) is 197 cm³/mol. The minimum absolute atomic E-state index is 0.578. The molecule has 6 aromatic carbocycles. The molecule has 0 aliphatic rings. The molecule has 0 aliphatic carbocycles. The quantitative estimate of drug-likeness (QED) is 0.193. The van der Waals surface area contributed by atoms with Gasteiger partial charge in [0.15, 0.2) is 17.5 Å². The number of furan rings is 1. The molecule has 4 heterocycles. The Hall–Kier alpha value is -6.24. The summed E-state index contributed by atoms with van der Waals surface area (Å²) in [6.45, 7) is 0. The molecular formula is C42H24N4OS. The van der Waals surface area contributed by atoms with Crippen LogP contribution in [0.4, 0.5) is 0 Å². The maximum absolute atomic E-state index is 6.80. The van der Waals surface area contributed by atoms with Gasteiger partial charge in [-0.1, -0.05) is 109 Å². The normalized spacial score (nSPS) is 11.8. The highest BCUT2D eigenvalue weighted by Crippen LogP contribution is 2.46. The fraction of sp³-hybridized carbons (Fsp3) is 0. The standard InChI is InChI=1S/C42H24N4OS/c1-3-12-25(13-4-1)39-44-40(26-14-5-2-6-15-26)46-41(45-39)31-23-22-29(28-18-11-21-35-36(28)30-17-8-10-20-34(30)48-35)38-37(31)32-24-27-16-7-9-19-33(27)43-42(32)47-38/h1-24H. The Morgan fingerprint density at radius 2 is 1.08 bits per heavy atom. The van der Waals surface area contributed by atoms with Crippen molar-refractivity contribution in [3.8, 4) is 45.3 Å². The van der Waals surface area contributed by atoms with Crippen LogP contribution in [0.2, 0.25) is 0 Å². The molecule has 0 atom stereocenters. The van der Waals surface area contributed by atoms with Crippen molar-refractivity contribution in [3.63, 3.8) is 0 Å². The topological polar surface area (TPSA) is 64.7 Å². The molecule has 6 heteroatoms. The lowest BCUT2D eigenvalue weighted by Gasteiger charge is -2.11. The lowest BCUT2D eigenvalue weighted by molar-refractivity contribution is 0.657. The van der Waals surface area contributed by atoms with E-state index in [1.165, 1.54) is 20.2 Å². The summed E-state index contributed by atoms with van der Waals surface area (Å²) in [5.41, 5.74) is 7.07. The average molecular weight is 633 g/mol. The number of hydrogen-bond acceptors (Lipinski definition) is 6. The molecule has 0 radical (unpaired) electrons. The van der Waals surface area contributed by atoms with E-state index >= 15 is 0 Å². The van der Waals surface area contributed by atoms with Crippen LogP contribution in [0, 0.1) is 0 Å². The maximum Gasteiger partial charge on any atom is 0.227 e. The van der Waals surface area contributed by atoms with Crippen molar-refractivity contribution in [2.45, 2.75) is 0 Å². The molecule has 0 spiro atoms. The third-order valence-corrected chi connectivity index (χ3v) is 10.1. The van der Waals surface area contributed by atoms with Gasteiger partial charge < -0.3 is 4.42 Å². The van der Waals surface area contributed by atoms with Crippen LogP contribution >= 0.6 is 11.3 Å². The molecule has 0 saturated heterocycles. The highest BCUT2D eigenvalue weighted by Gasteiger charge is 2.23. The zero-order valence-electron chi connectivity index (χ0n) is 25.5. The minimum Gasteiger partial charge on any atom is -0.437 e. The van der Waals surface area contributed by atoms with Crippen molar-refractivity contribution < 1.29 is 4.42 Å². The first-order valence-electron chi connectivity index (χ1n) is 15.8. The summed E-state index contributed by atoms with van der Waals surface area (Å²) in [4.78, 5) is 20.1. The molecule has 0 unspecified atom stereocenters. The molecule has 0 N–H and O–H groups in total. The van der Waals surface area contributed by atoms with Crippen LogP contribution in [0.25, 0.3) is 98.4 Å². The third-order valence-electron chi connectivity index (χ3n) is 8.95. The van der Waals surface area contributed by atoms with Crippen LogP contribution in [0.3, 0.4) is 0 Å². The average Bonchev–Trinajstić information content (AvgIpc) is 3.72. The molecule has 5 nitrogen and oxygen atoms in total. The first-order chi connectivity index (χ1) is 23.8. The molecule has 0 fully saturated rings. The van der Waals surface area contributed by atoms with Crippen LogP contribution < -0.4 is 0 Å². The summed E-state index contributed by atoms with van der Waals surface area (Å²) < 4.78 is 9.30. The number of benzene rings is 6. The number of thiophene rings is 1. The third kappa shape index (κ3) is 4.24. The number of fused-ring (bicyclic) bond motifs is 7. The first kappa shape index (κ1) is 26.9. The highest BCUT2D eigenvalue weighted by molar-refractivity contribution is 7.25. The van der Waals surface area contributed by atoms with Gasteiger partial charge in [-0.2, -0.15) is 0 Å². The Kier molecular flexibility index (Phi) is 5.98. The van der Waals surface area contributed by atoms with Gasteiger partial charge in [0.25, 0.3) is 0 Å². The Morgan fingerprint density at radius 1 is 0.438 bits per heavy atom. The van der Waals surface area contributed by atoms with E-state index in [1.807, 2.05) is 90.2 Å². The summed E-state index contributed by atoms with van der Waals surface area (Å²) in [6.07, 6.45) is 0. The number of para-hydroxylation sites is 1. The highest BCUT2D eigenvalue weighted by atomic mass is 32.1. The van der Waals surface area contributed by atoms with Crippen molar-refractivity contribution in [2.75, 3.05) is 0 Å². The van der Waals surface area contributed by atoms with Crippen LogP contribution in [-0.2, 0) is 0 Å². The second kappa shape index (κ2) is 10.7. The predicted octanol–water partition coefficient (Wildman–Crippen LogP) is 11.4. The second-order valence-corrected chi connectivity index (χ2v) is 12.9. The fourth-order valence-corrected chi connectivity index (χ4v) is 7.87. The van der Waals surface area contributed by atoms with E-state index in [0.29, 0.717) is 23.2 Å². The molecule has 10 aromatic rings. The minimum atomic E-state index is 0.578. The summed E-state index contributed by atoms with van der Waals surface area (Å²) in [5, 5.41) is 5.36. The Bertz CT molecular complexity index is 2780. The zero-order valence-corrected chi connectivity index (χ0v) is 26.3. The lowest BCUT2D eigenvalue weighted by atomic mass is 9.95. The molecule has 4 aromatic heterocycles. The number of pyridine rings is 1. The van der Waals surface area contributed by atoms with E-state index in [9.17, 15) is 0 Å². The molecule has 0 saturated carbocycles. The lowest BCUT2D eigenvalue weighted by Crippen LogP contribution is -2.00. The summed E-state index contributed by atoms with van der Waals surface area (Å²) >= 11 is 1.81. The van der Waals surface area contributed by atoms with Crippen LogP contribution in [0.5, 0.6) is 0 Å². The van der Waals surface area contributed by atoms with Gasteiger partial charge in [0, 0.05) is 58.6 Å². The van der Waals surface area contributed by atoms with E-state index in [0.717, 1.165) is 55.1 Å². The molecule has 224 valence electrons. The van der Waals surface area contributed by atoms with Crippen molar-refractivity contribution in [1.29, 1.82) is 0 Å². The first-order valence-corrected chi connectivity index (χ1v) is 16.6. The zero-order chi connectivity index (χ0) is 31.6. The molecule has 0 amide bonds. The SMILES string of the molecule is c1ccc(-c2nc(-c3ccccc3)nc(-c3ccc(-c4cccc5sc6ccccc6c45)c4oc5nc6ccccc6cc5c34)n2)cc1. The van der Waals surface area contributed by atoms with Crippen molar-refractivity contribution in [3.05, 3.63) is 146 Å². The van der Waals surface area contributed by atoms with E-state index in [1.54, 1.807) is 0 Å². The summed E-state index contributed by atoms with van der Waals surface area (Å²) in [5.74, 6) is 1.81. The van der Waals surface area contributed by atoms with E-state index in [-0.39, 0.29) is 0 Å². The van der Waals surface area contributed by atoms with Gasteiger partial charge in [0.05, 0.1) is 5.52 Å². The Labute approximate surface area is 278 Å². The van der Waals surface area contributed by atoms with Crippen molar-refractivity contribution >= 4 is 64.5 Å². The molecule has 0 bridgehead atoms. The van der Waals surface area contributed by atoms with Gasteiger partial charge in [0.1, 0.15) is 5.58 Å². The Balaban J connectivity index is 1.31. The Morgan fingerprint density at radius 3 is 1.88 bits per heavy atom. The smallest absolute Gasteiger partial charge is 0.227 e. The van der Waals surface area contributed by atoms with Gasteiger partial charge in [-0.15, -0.1) is 11.3 Å². The van der Waals surface area contributed by atoms with Crippen molar-refractivity contribution in [2.24, 2.45) is 0 Å². The molecular weight excluding hydrogens is 609 g/mol.